The van der Waals surface area contributed by atoms with Gasteiger partial charge in [-0.2, -0.15) is 18.2 Å². The smallest absolute Gasteiger partial charge is 0.385 e. The Labute approximate surface area is 162 Å². The van der Waals surface area contributed by atoms with Crippen LogP contribution < -0.4 is 15.5 Å². The predicted molar refractivity (Wildman–Crippen MR) is 103 cm³/mol. The number of methoxy groups -OCH3 is 1. The molecule has 0 spiro atoms. The number of rotatable bonds is 6. The van der Waals surface area contributed by atoms with E-state index >= 15 is 0 Å². The van der Waals surface area contributed by atoms with Crippen LogP contribution >= 0.6 is 12.2 Å². The minimum Gasteiger partial charge on any atom is -0.385 e. The first kappa shape index (κ1) is 21.6. The van der Waals surface area contributed by atoms with Crippen LogP contribution in [-0.4, -0.2) is 48.4 Å². The lowest BCUT2D eigenvalue weighted by atomic mass is 9.92. The van der Waals surface area contributed by atoms with Crippen LogP contribution in [-0.2, 0) is 10.9 Å². The van der Waals surface area contributed by atoms with Crippen molar-refractivity contribution in [3.8, 4) is 0 Å². The Hall–Kier alpha value is -1.68. The average molecular weight is 405 g/mol. The third-order valence-electron chi connectivity index (χ3n) is 4.23. The summed E-state index contributed by atoms with van der Waals surface area (Å²) in [6, 6.07) is 1.00. The lowest BCUT2D eigenvalue weighted by Gasteiger charge is -2.36. The topological polar surface area (TPSA) is 62.3 Å². The number of nitrogens with zero attached hydrogens (tertiary/aromatic N) is 3. The first-order valence-electron chi connectivity index (χ1n) is 8.94. The number of piperidine rings is 1. The molecular weight excluding hydrogens is 379 g/mol. The molecule has 0 saturated carbocycles. The van der Waals surface area contributed by atoms with E-state index in [2.05, 4.69) is 34.4 Å². The molecule has 0 aliphatic carbocycles. The Bertz CT molecular complexity index is 633. The van der Waals surface area contributed by atoms with Crippen LogP contribution in [0.4, 0.5) is 24.9 Å². The van der Waals surface area contributed by atoms with Crippen LogP contribution in [0.2, 0.25) is 0 Å². The zero-order valence-electron chi connectivity index (χ0n) is 15.8. The van der Waals surface area contributed by atoms with Gasteiger partial charge in [0, 0.05) is 39.4 Å². The lowest BCUT2D eigenvalue weighted by molar-refractivity contribution is -0.141. The molecule has 10 heteroatoms. The first-order valence-corrected chi connectivity index (χ1v) is 9.35. The van der Waals surface area contributed by atoms with E-state index in [0.29, 0.717) is 38.1 Å². The molecule has 1 aromatic heterocycles. The van der Waals surface area contributed by atoms with Gasteiger partial charge in [-0.15, -0.1) is 0 Å². The van der Waals surface area contributed by atoms with E-state index in [-0.39, 0.29) is 16.9 Å². The number of hydrogen-bond acceptors (Lipinski definition) is 5. The number of hydrogen-bond donors (Lipinski definition) is 2. The Morgan fingerprint density at radius 2 is 1.96 bits per heavy atom. The molecule has 1 aromatic rings. The van der Waals surface area contributed by atoms with Crippen molar-refractivity contribution in [2.75, 3.05) is 43.6 Å². The zero-order valence-corrected chi connectivity index (χ0v) is 16.6. The molecule has 6 nitrogen and oxygen atoms in total. The standard InChI is InChI=1S/C17H26F3N5OS/c1-11-7-12(2)10-25(9-11)14-8-13(17(18,19)20)22-15(23-14)24-16(27)21-5-4-6-26-3/h8,11-12H,4-7,9-10H2,1-3H3,(H2,21,22,23,24,27). The van der Waals surface area contributed by atoms with Gasteiger partial charge in [-0.25, -0.2) is 4.98 Å². The third kappa shape index (κ3) is 6.76. The van der Waals surface area contributed by atoms with Crippen LogP contribution in [0.25, 0.3) is 0 Å². The summed E-state index contributed by atoms with van der Waals surface area (Å²) < 4.78 is 44.8. The fourth-order valence-corrected chi connectivity index (χ4v) is 3.41. The molecule has 27 heavy (non-hydrogen) atoms. The number of ether oxygens (including phenoxy) is 1. The van der Waals surface area contributed by atoms with Crippen molar-refractivity contribution in [2.45, 2.75) is 32.9 Å². The molecule has 0 bridgehead atoms. The molecule has 0 amide bonds. The highest BCUT2D eigenvalue weighted by Gasteiger charge is 2.35. The van der Waals surface area contributed by atoms with E-state index in [1.54, 1.807) is 7.11 Å². The third-order valence-corrected chi connectivity index (χ3v) is 4.48. The van der Waals surface area contributed by atoms with Crippen molar-refractivity contribution in [1.82, 2.24) is 15.3 Å². The Morgan fingerprint density at radius 3 is 2.56 bits per heavy atom. The van der Waals surface area contributed by atoms with Gasteiger partial charge in [-0.3, -0.25) is 0 Å². The molecule has 2 heterocycles. The summed E-state index contributed by atoms with van der Waals surface area (Å²) in [7, 11) is 1.59. The van der Waals surface area contributed by atoms with Crippen molar-refractivity contribution in [3.63, 3.8) is 0 Å². The second kappa shape index (κ2) is 9.50. The fraction of sp³-hybridized carbons (Fsp3) is 0.706. The van der Waals surface area contributed by atoms with Gasteiger partial charge in [-0.05, 0) is 36.9 Å². The van der Waals surface area contributed by atoms with Gasteiger partial charge >= 0.3 is 6.18 Å². The van der Waals surface area contributed by atoms with E-state index in [0.717, 1.165) is 18.9 Å². The maximum Gasteiger partial charge on any atom is 0.433 e. The summed E-state index contributed by atoms with van der Waals surface area (Å²) in [5, 5.41) is 5.74. The normalized spacial score (nSPS) is 20.4. The number of thiocarbonyl (C=S) groups is 1. The highest BCUT2D eigenvalue weighted by Crippen LogP contribution is 2.32. The van der Waals surface area contributed by atoms with E-state index in [4.69, 9.17) is 17.0 Å². The molecule has 2 atom stereocenters. The van der Waals surface area contributed by atoms with E-state index in [9.17, 15) is 13.2 Å². The molecule has 0 aromatic carbocycles. The summed E-state index contributed by atoms with van der Waals surface area (Å²) >= 11 is 5.12. The molecule has 2 N–H and O–H groups in total. The monoisotopic (exact) mass is 405 g/mol. The van der Waals surface area contributed by atoms with Crippen LogP contribution in [0.1, 0.15) is 32.4 Å². The first-order chi connectivity index (χ1) is 12.7. The van der Waals surface area contributed by atoms with Crippen LogP contribution in [0.15, 0.2) is 6.07 Å². The number of alkyl halides is 3. The van der Waals surface area contributed by atoms with Crippen molar-refractivity contribution in [2.24, 2.45) is 11.8 Å². The number of halogens is 3. The van der Waals surface area contributed by atoms with Crippen molar-refractivity contribution in [3.05, 3.63) is 11.8 Å². The Kier molecular flexibility index (Phi) is 7.60. The molecule has 2 rings (SSSR count). The van der Waals surface area contributed by atoms with Crippen LogP contribution in [0.5, 0.6) is 0 Å². The number of anilines is 2. The van der Waals surface area contributed by atoms with Gasteiger partial charge in [0.1, 0.15) is 5.82 Å². The lowest BCUT2D eigenvalue weighted by Crippen LogP contribution is -2.39. The van der Waals surface area contributed by atoms with Crippen molar-refractivity contribution < 1.29 is 17.9 Å². The largest absolute Gasteiger partial charge is 0.433 e. The molecule has 1 aliphatic heterocycles. The maximum atomic E-state index is 13.3. The highest BCUT2D eigenvalue weighted by atomic mass is 32.1. The second-order valence-corrected chi connectivity index (χ2v) is 7.42. The summed E-state index contributed by atoms with van der Waals surface area (Å²) in [4.78, 5) is 9.76. The Morgan fingerprint density at radius 1 is 1.30 bits per heavy atom. The SMILES string of the molecule is COCCCNC(=S)Nc1nc(N2CC(C)CC(C)C2)cc(C(F)(F)F)n1. The second-order valence-electron chi connectivity index (χ2n) is 7.01. The van der Waals surface area contributed by atoms with Crippen LogP contribution in [0.3, 0.4) is 0 Å². The minimum atomic E-state index is -4.56. The van der Waals surface area contributed by atoms with Crippen LogP contribution in [0, 0.1) is 11.8 Å². The van der Waals surface area contributed by atoms with Gasteiger partial charge in [0.15, 0.2) is 10.8 Å². The van der Waals surface area contributed by atoms with Gasteiger partial charge in [0.2, 0.25) is 5.95 Å². The molecule has 152 valence electrons. The molecule has 1 aliphatic rings. The predicted octanol–water partition coefficient (Wildman–Crippen LogP) is 3.30. The maximum absolute atomic E-state index is 13.3. The van der Waals surface area contributed by atoms with Gasteiger partial charge in [0.05, 0.1) is 0 Å². The summed E-state index contributed by atoms with van der Waals surface area (Å²) in [5.41, 5.74) is -0.983. The fourth-order valence-electron chi connectivity index (χ4n) is 3.21. The molecule has 1 fully saturated rings. The van der Waals surface area contributed by atoms with Gasteiger partial charge in [-0.1, -0.05) is 13.8 Å². The van der Waals surface area contributed by atoms with E-state index < -0.39 is 11.9 Å². The summed E-state index contributed by atoms with van der Waals surface area (Å²) in [6.45, 7) is 6.60. The molecule has 0 radical (unpaired) electrons. The van der Waals surface area contributed by atoms with E-state index in [1.807, 2.05) is 4.90 Å². The van der Waals surface area contributed by atoms with Gasteiger partial charge < -0.3 is 20.3 Å². The number of nitrogens with one attached hydrogen (secondary N) is 2. The van der Waals surface area contributed by atoms with Gasteiger partial charge in [0.25, 0.3) is 0 Å². The highest BCUT2D eigenvalue weighted by molar-refractivity contribution is 7.80. The molecular formula is C17H26F3N5OS. The zero-order chi connectivity index (χ0) is 20.0. The summed E-state index contributed by atoms with van der Waals surface area (Å²) in [6.07, 6.45) is -2.79. The Balaban J connectivity index is 2.17. The minimum absolute atomic E-state index is 0.157. The average Bonchev–Trinajstić information content (AvgIpc) is 2.57. The number of aromatic nitrogens is 2. The quantitative estimate of drug-likeness (QED) is 0.556. The van der Waals surface area contributed by atoms with E-state index in [1.165, 1.54) is 0 Å². The van der Waals surface area contributed by atoms with Crippen molar-refractivity contribution in [1.29, 1.82) is 0 Å². The molecule has 1 saturated heterocycles. The molecule has 2 unspecified atom stereocenters. The van der Waals surface area contributed by atoms with Crippen molar-refractivity contribution >= 4 is 29.1 Å². The summed E-state index contributed by atoms with van der Waals surface area (Å²) in [5.74, 6) is 0.881.